The largest absolute Gasteiger partial charge is 0.301 e. The molecule has 0 bridgehead atoms. The highest BCUT2D eigenvalue weighted by molar-refractivity contribution is 9.11. The lowest BCUT2D eigenvalue weighted by Crippen LogP contribution is -2.34. The van der Waals surface area contributed by atoms with Crippen molar-refractivity contribution in [1.82, 2.24) is 9.36 Å². The van der Waals surface area contributed by atoms with Gasteiger partial charge in [0.15, 0.2) is 5.13 Å². The first-order chi connectivity index (χ1) is 8.00. The molecule has 0 aliphatic rings. The molecule has 0 aliphatic carbocycles. The summed E-state index contributed by atoms with van der Waals surface area (Å²) in [6.07, 6.45) is 3.39. The first-order valence-corrected chi connectivity index (χ1v) is 7.27. The minimum Gasteiger partial charge on any atom is -0.301 e. The van der Waals surface area contributed by atoms with Crippen molar-refractivity contribution in [2.75, 3.05) is 5.32 Å². The molecule has 0 saturated carbocycles. The Labute approximate surface area is 115 Å². The Balaban J connectivity index is 2.15. The van der Waals surface area contributed by atoms with Crippen LogP contribution in [-0.2, 0) is 10.2 Å². The Morgan fingerprint density at radius 2 is 2.24 bits per heavy atom. The van der Waals surface area contributed by atoms with E-state index >= 15 is 0 Å². The number of aromatic nitrogens is 2. The van der Waals surface area contributed by atoms with Crippen molar-refractivity contribution in [3.63, 3.8) is 0 Å². The number of amides is 1. The molecule has 2 aromatic rings. The summed E-state index contributed by atoms with van der Waals surface area (Å²) in [5.41, 5.74) is 0.307. The van der Waals surface area contributed by atoms with Crippen LogP contribution in [0.1, 0.15) is 19.4 Å². The molecule has 0 unspecified atom stereocenters. The molecule has 0 fully saturated rings. The molecule has 0 spiro atoms. The standard InChI is InChI=1S/C10H10BrN3OS2/c1-10(2,6-3-13-16-5-6)8(15)14-9-12-4-7(11)17-9/h3-5H,1-2H3,(H,12,14,15). The third-order valence-corrected chi connectivity index (χ3v) is 4.40. The van der Waals surface area contributed by atoms with Crippen LogP contribution in [0.5, 0.6) is 0 Å². The van der Waals surface area contributed by atoms with E-state index in [9.17, 15) is 4.79 Å². The van der Waals surface area contributed by atoms with E-state index in [2.05, 4.69) is 30.6 Å². The fourth-order valence-corrected chi connectivity index (χ4v) is 3.02. The van der Waals surface area contributed by atoms with Crippen LogP contribution in [0.3, 0.4) is 0 Å². The molecule has 2 aromatic heterocycles. The van der Waals surface area contributed by atoms with Crippen LogP contribution >= 0.6 is 38.8 Å². The van der Waals surface area contributed by atoms with E-state index in [4.69, 9.17) is 0 Å². The van der Waals surface area contributed by atoms with Crippen LogP contribution in [0.15, 0.2) is 21.6 Å². The first-order valence-electron chi connectivity index (χ1n) is 4.83. The zero-order valence-electron chi connectivity index (χ0n) is 9.23. The summed E-state index contributed by atoms with van der Waals surface area (Å²) < 4.78 is 4.91. The molecular weight excluding hydrogens is 322 g/mol. The summed E-state index contributed by atoms with van der Waals surface area (Å²) in [6, 6.07) is 0. The van der Waals surface area contributed by atoms with Gasteiger partial charge in [0.2, 0.25) is 5.91 Å². The number of carbonyl (C=O) groups excluding carboxylic acids is 1. The Morgan fingerprint density at radius 1 is 1.47 bits per heavy atom. The highest BCUT2D eigenvalue weighted by atomic mass is 79.9. The molecule has 0 saturated heterocycles. The van der Waals surface area contributed by atoms with Gasteiger partial charge in [-0.25, -0.2) is 9.36 Å². The number of halogens is 1. The zero-order valence-corrected chi connectivity index (χ0v) is 12.4. The second-order valence-corrected chi connectivity index (χ2v) is 7.03. The summed E-state index contributed by atoms with van der Waals surface area (Å²) >= 11 is 6.04. The van der Waals surface area contributed by atoms with Crippen LogP contribution in [0.2, 0.25) is 0 Å². The minimum atomic E-state index is -0.606. The predicted octanol–water partition coefficient (Wildman–Crippen LogP) is 3.28. The Hall–Kier alpha value is -0.790. The van der Waals surface area contributed by atoms with Gasteiger partial charge in [0.25, 0.3) is 0 Å². The third-order valence-electron chi connectivity index (χ3n) is 2.42. The van der Waals surface area contributed by atoms with E-state index < -0.39 is 5.41 Å². The smallest absolute Gasteiger partial charge is 0.236 e. The van der Waals surface area contributed by atoms with Crippen molar-refractivity contribution in [3.8, 4) is 0 Å². The van der Waals surface area contributed by atoms with Crippen molar-refractivity contribution < 1.29 is 4.79 Å². The maximum absolute atomic E-state index is 12.2. The van der Waals surface area contributed by atoms with E-state index in [1.54, 1.807) is 12.4 Å². The maximum Gasteiger partial charge on any atom is 0.236 e. The minimum absolute atomic E-state index is 0.0837. The Bertz CT molecular complexity index is 521. The van der Waals surface area contributed by atoms with Gasteiger partial charge in [-0.2, -0.15) is 0 Å². The molecule has 2 heterocycles. The summed E-state index contributed by atoms with van der Waals surface area (Å²) in [7, 11) is 0. The second kappa shape index (κ2) is 4.83. The van der Waals surface area contributed by atoms with Gasteiger partial charge in [-0.15, -0.1) is 0 Å². The number of hydrogen-bond acceptors (Lipinski definition) is 5. The van der Waals surface area contributed by atoms with Crippen LogP contribution in [0, 0.1) is 0 Å². The van der Waals surface area contributed by atoms with Gasteiger partial charge >= 0.3 is 0 Å². The van der Waals surface area contributed by atoms with Gasteiger partial charge in [0, 0.05) is 11.6 Å². The SMILES string of the molecule is CC(C)(C(=O)Nc1ncc(Br)s1)c1cnsc1. The number of nitrogens with one attached hydrogen (secondary N) is 1. The molecule has 2 rings (SSSR count). The van der Waals surface area contributed by atoms with Gasteiger partial charge in [-0.05, 0) is 46.9 Å². The summed E-state index contributed by atoms with van der Waals surface area (Å²) in [6.45, 7) is 3.74. The van der Waals surface area contributed by atoms with Gasteiger partial charge in [-0.3, -0.25) is 4.79 Å². The van der Waals surface area contributed by atoms with Crippen LogP contribution in [0.25, 0.3) is 0 Å². The molecule has 0 aromatic carbocycles. The molecule has 90 valence electrons. The molecule has 1 amide bonds. The van der Waals surface area contributed by atoms with Crippen molar-refractivity contribution >= 4 is 49.8 Å². The number of carbonyl (C=O) groups is 1. The van der Waals surface area contributed by atoms with Crippen LogP contribution in [0.4, 0.5) is 5.13 Å². The monoisotopic (exact) mass is 331 g/mol. The molecule has 4 nitrogen and oxygen atoms in total. The second-order valence-electron chi connectivity index (χ2n) is 3.96. The molecule has 0 aliphatic heterocycles. The average Bonchev–Trinajstić information content (AvgIpc) is 2.89. The van der Waals surface area contributed by atoms with Gasteiger partial charge in [0.05, 0.1) is 15.4 Å². The van der Waals surface area contributed by atoms with Crippen molar-refractivity contribution in [2.45, 2.75) is 19.3 Å². The molecule has 1 N–H and O–H groups in total. The van der Waals surface area contributed by atoms with Crippen molar-refractivity contribution in [3.05, 3.63) is 27.1 Å². The number of thiazole rings is 1. The lowest BCUT2D eigenvalue weighted by molar-refractivity contribution is -0.120. The van der Waals surface area contributed by atoms with Crippen molar-refractivity contribution in [1.29, 1.82) is 0 Å². The molecule has 7 heteroatoms. The normalized spacial score (nSPS) is 11.5. The highest BCUT2D eigenvalue weighted by Crippen LogP contribution is 2.28. The molecule has 0 radical (unpaired) electrons. The topological polar surface area (TPSA) is 54.9 Å². The van der Waals surface area contributed by atoms with Gasteiger partial charge < -0.3 is 5.32 Å². The molecule has 17 heavy (non-hydrogen) atoms. The average molecular weight is 332 g/mol. The quantitative estimate of drug-likeness (QED) is 0.938. The number of nitrogens with zero attached hydrogens (tertiary/aromatic N) is 2. The molecule has 0 atom stereocenters. The fourth-order valence-electron chi connectivity index (χ4n) is 1.21. The van der Waals surface area contributed by atoms with E-state index in [0.29, 0.717) is 5.13 Å². The molecular formula is C10H10BrN3OS2. The Morgan fingerprint density at radius 3 is 2.76 bits per heavy atom. The lowest BCUT2D eigenvalue weighted by atomic mass is 9.86. The number of rotatable bonds is 3. The van der Waals surface area contributed by atoms with Crippen LogP contribution < -0.4 is 5.32 Å². The maximum atomic E-state index is 12.2. The van der Waals surface area contributed by atoms with Gasteiger partial charge in [0.1, 0.15) is 0 Å². The van der Waals surface area contributed by atoms with E-state index in [1.165, 1.54) is 22.9 Å². The third kappa shape index (κ3) is 2.72. The first kappa shape index (κ1) is 12.7. The summed E-state index contributed by atoms with van der Waals surface area (Å²) in [4.78, 5) is 16.2. The number of hydrogen-bond donors (Lipinski definition) is 1. The Kier molecular flexibility index (Phi) is 3.60. The van der Waals surface area contributed by atoms with E-state index in [-0.39, 0.29) is 5.91 Å². The van der Waals surface area contributed by atoms with Crippen LogP contribution in [-0.4, -0.2) is 15.3 Å². The lowest BCUT2D eigenvalue weighted by Gasteiger charge is -2.21. The predicted molar refractivity (Wildman–Crippen MR) is 73.6 cm³/mol. The zero-order chi connectivity index (χ0) is 12.5. The fraction of sp³-hybridized carbons (Fsp3) is 0.300. The highest BCUT2D eigenvalue weighted by Gasteiger charge is 2.31. The number of anilines is 1. The summed E-state index contributed by atoms with van der Waals surface area (Å²) in [5, 5.41) is 5.29. The van der Waals surface area contributed by atoms with Crippen molar-refractivity contribution in [2.24, 2.45) is 0 Å². The van der Waals surface area contributed by atoms with E-state index in [0.717, 1.165) is 9.35 Å². The van der Waals surface area contributed by atoms with Gasteiger partial charge in [-0.1, -0.05) is 11.3 Å². The van der Waals surface area contributed by atoms with E-state index in [1.807, 2.05) is 19.2 Å². The summed E-state index contributed by atoms with van der Waals surface area (Å²) in [5.74, 6) is -0.0837.